The summed E-state index contributed by atoms with van der Waals surface area (Å²) in [6.45, 7) is 2.61. The van der Waals surface area contributed by atoms with E-state index in [9.17, 15) is 4.39 Å². The first kappa shape index (κ1) is 15.4. The fourth-order valence-corrected chi connectivity index (χ4v) is 1.73. The highest BCUT2D eigenvalue weighted by atomic mass is 35.5. The maximum atomic E-state index is 13.0. The van der Waals surface area contributed by atoms with Crippen LogP contribution in [0.25, 0.3) is 0 Å². The van der Waals surface area contributed by atoms with Crippen molar-refractivity contribution < 1.29 is 13.9 Å². The van der Waals surface area contributed by atoms with Crippen molar-refractivity contribution in [1.29, 1.82) is 0 Å². The molecule has 0 spiro atoms. The van der Waals surface area contributed by atoms with Crippen molar-refractivity contribution in [2.75, 3.05) is 12.0 Å². The van der Waals surface area contributed by atoms with Crippen LogP contribution in [0, 0.1) is 5.82 Å². The van der Waals surface area contributed by atoms with Gasteiger partial charge in [-0.15, -0.1) is 0 Å². The van der Waals surface area contributed by atoms with E-state index in [0.717, 1.165) is 6.07 Å². The lowest BCUT2D eigenvalue weighted by atomic mass is 10.3. The van der Waals surface area contributed by atoms with E-state index >= 15 is 0 Å². The van der Waals surface area contributed by atoms with Crippen molar-refractivity contribution in [3.63, 3.8) is 0 Å². The number of aromatic nitrogens is 2. The first-order chi connectivity index (χ1) is 10.1. The number of benzene rings is 1. The molecule has 3 N–H and O–H groups in total. The Kier molecular flexibility index (Phi) is 5.26. The summed E-state index contributed by atoms with van der Waals surface area (Å²) in [6, 6.07) is 5.31. The Morgan fingerprint density at radius 1 is 1.33 bits per heavy atom. The molecule has 2 aromatic rings. The predicted molar refractivity (Wildman–Crippen MR) is 76.7 cm³/mol. The van der Waals surface area contributed by atoms with Crippen LogP contribution in [0.1, 0.15) is 12.7 Å². The highest BCUT2D eigenvalue weighted by Gasteiger charge is 2.09. The molecule has 1 aromatic heterocycles. The number of rotatable bonds is 6. The Balaban J connectivity index is 2.25. The molecule has 0 bridgehead atoms. The first-order valence-corrected chi connectivity index (χ1v) is 6.55. The number of ether oxygens (including phenoxy) is 2. The molecule has 0 aliphatic heterocycles. The molecular formula is C13H14ClFN4O2. The van der Waals surface area contributed by atoms with Crippen LogP contribution in [-0.4, -0.2) is 16.6 Å². The average molecular weight is 313 g/mol. The van der Waals surface area contributed by atoms with E-state index in [1.54, 1.807) is 0 Å². The summed E-state index contributed by atoms with van der Waals surface area (Å²) < 4.78 is 23.8. The number of halogens is 2. The lowest BCUT2D eigenvalue weighted by Gasteiger charge is -2.10. The topological polar surface area (TPSA) is 82.3 Å². The lowest BCUT2D eigenvalue weighted by Crippen LogP contribution is -2.11. The second kappa shape index (κ2) is 7.16. The van der Waals surface area contributed by atoms with Crippen LogP contribution >= 0.6 is 11.6 Å². The number of anilines is 1. The second-order valence-electron chi connectivity index (χ2n) is 3.97. The van der Waals surface area contributed by atoms with Crippen LogP contribution in [0.3, 0.4) is 0 Å². The lowest BCUT2D eigenvalue weighted by molar-refractivity contribution is 0.128. The molecule has 0 aliphatic carbocycles. The molecule has 0 aliphatic rings. The van der Waals surface area contributed by atoms with Crippen LogP contribution in [0.15, 0.2) is 24.3 Å². The van der Waals surface area contributed by atoms with E-state index in [0.29, 0.717) is 18.2 Å². The zero-order chi connectivity index (χ0) is 15.2. The summed E-state index contributed by atoms with van der Waals surface area (Å²) in [6.07, 6.45) is 0. The van der Waals surface area contributed by atoms with Crippen LogP contribution in [0.2, 0.25) is 5.02 Å². The Labute approximate surface area is 126 Å². The minimum absolute atomic E-state index is 0.141. The van der Waals surface area contributed by atoms with Gasteiger partial charge in [0.15, 0.2) is 5.82 Å². The van der Waals surface area contributed by atoms with Gasteiger partial charge in [0.2, 0.25) is 5.88 Å². The van der Waals surface area contributed by atoms with Gasteiger partial charge < -0.3 is 14.9 Å². The second-order valence-corrected chi connectivity index (χ2v) is 4.37. The summed E-state index contributed by atoms with van der Waals surface area (Å²) in [5.41, 5.74) is 2.41. The summed E-state index contributed by atoms with van der Waals surface area (Å²) in [5, 5.41) is 0.141. The summed E-state index contributed by atoms with van der Waals surface area (Å²) >= 11 is 5.90. The zero-order valence-electron chi connectivity index (χ0n) is 11.3. The maximum absolute atomic E-state index is 13.0. The van der Waals surface area contributed by atoms with Crippen molar-refractivity contribution in [2.24, 2.45) is 5.84 Å². The number of nitrogens with zero attached hydrogens (tertiary/aromatic N) is 2. The van der Waals surface area contributed by atoms with E-state index in [4.69, 9.17) is 26.9 Å². The van der Waals surface area contributed by atoms with Crippen molar-refractivity contribution >= 4 is 17.4 Å². The number of hydrogen-bond acceptors (Lipinski definition) is 6. The van der Waals surface area contributed by atoms with E-state index in [-0.39, 0.29) is 23.3 Å². The van der Waals surface area contributed by atoms with E-state index in [2.05, 4.69) is 15.4 Å². The van der Waals surface area contributed by atoms with Gasteiger partial charge in [-0.05, 0) is 25.1 Å². The molecule has 0 radical (unpaired) electrons. The SMILES string of the molecule is CCOCc1nc(NN)cc(Oc2ccc(F)cc2Cl)n1. The predicted octanol–water partition coefficient (Wildman–Crippen LogP) is 2.88. The van der Waals surface area contributed by atoms with E-state index in [1.165, 1.54) is 18.2 Å². The number of nitrogens with two attached hydrogens (primary N) is 1. The fraction of sp³-hybridized carbons (Fsp3) is 0.231. The Hall–Kier alpha value is -1.96. The molecule has 1 heterocycles. The van der Waals surface area contributed by atoms with Crippen LogP contribution in [0.5, 0.6) is 11.6 Å². The molecule has 1 aromatic carbocycles. The number of nitrogens with one attached hydrogen (secondary N) is 1. The third-order valence-corrected chi connectivity index (χ3v) is 2.74. The smallest absolute Gasteiger partial charge is 0.224 e. The molecule has 0 saturated heterocycles. The monoisotopic (exact) mass is 312 g/mol. The third-order valence-electron chi connectivity index (χ3n) is 2.44. The molecule has 0 saturated carbocycles. The maximum Gasteiger partial charge on any atom is 0.224 e. The number of nitrogen functional groups attached to an aromatic ring is 1. The summed E-state index contributed by atoms with van der Waals surface area (Å²) in [4.78, 5) is 8.29. The molecule has 0 fully saturated rings. The van der Waals surface area contributed by atoms with Crippen LogP contribution in [0.4, 0.5) is 10.2 Å². The van der Waals surface area contributed by atoms with Crippen LogP contribution in [-0.2, 0) is 11.3 Å². The van der Waals surface area contributed by atoms with E-state index < -0.39 is 5.82 Å². The molecule has 0 unspecified atom stereocenters. The van der Waals surface area contributed by atoms with Crippen molar-refractivity contribution in [1.82, 2.24) is 9.97 Å². The number of hydrogen-bond donors (Lipinski definition) is 2. The van der Waals surface area contributed by atoms with Gasteiger partial charge in [0.1, 0.15) is 24.0 Å². The minimum atomic E-state index is -0.448. The standard InChI is InChI=1S/C13H14ClFN4O2/c1-2-20-7-12-17-11(19-16)6-13(18-12)21-10-4-3-8(15)5-9(10)14/h3-6H,2,7,16H2,1H3,(H,17,18,19). The fourth-order valence-electron chi connectivity index (χ4n) is 1.53. The quantitative estimate of drug-likeness (QED) is 0.630. The largest absolute Gasteiger partial charge is 0.437 e. The summed E-state index contributed by atoms with van der Waals surface area (Å²) in [5.74, 6) is 6.17. The van der Waals surface area contributed by atoms with Gasteiger partial charge in [0.25, 0.3) is 0 Å². The van der Waals surface area contributed by atoms with Gasteiger partial charge in [-0.2, -0.15) is 4.98 Å². The highest BCUT2D eigenvalue weighted by molar-refractivity contribution is 6.32. The molecular weight excluding hydrogens is 299 g/mol. The normalized spacial score (nSPS) is 10.5. The van der Waals surface area contributed by atoms with E-state index in [1.807, 2.05) is 6.92 Å². The average Bonchev–Trinajstić information content (AvgIpc) is 2.48. The first-order valence-electron chi connectivity index (χ1n) is 6.17. The molecule has 112 valence electrons. The molecule has 2 rings (SSSR count). The molecule has 0 atom stereocenters. The Bertz CT molecular complexity index is 627. The molecule has 0 amide bonds. The Morgan fingerprint density at radius 2 is 2.14 bits per heavy atom. The zero-order valence-corrected chi connectivity index (χ0v) is 12.0. The molecule has 6 nitrogen and oxygen atoms in total. The minimum Gasteiger partial charge on any atom is -0.437 e. The van der Waals surface area contributed by atoms with Crippen molar-refractivity contribution in [3.8, 4) is 11.6 Å². The van der Waals surface area contributed by atoms with Crippen molar-refractivity contribution in [2.45, 2.75) is 13.5 Å². The van der Waals surface area contributed by atoms with Gasteiger partial charge in [0, 0.05) is 12.7 Å². The Morgan fingerprint density at radius 3 is 2.81 bits per heavy atom. The highest BCUT2D eigenvalue weighted by Crippen LogP contribution is 2.29. The molecule has 8 heteroatoms. The van der Waals surface area contributed by atoms with Gasteiger partial charge in [-0.1, -0.05) is 11.6 Å². The molecule has 21 heavy (non-hydrogen) atoms. The van der Waals surface area contributed by atoms with Gasteiger partial charge in [-0.25, -0.2) is 15.2 Å². The number of hydrazine groups is 1. The van der Waals surface area contributed by atoms with Gasteiger partial charge in [0.05, 0.1) is 5.02 Å². The van der Waals surface area contributed by atoms with Crippen molar-refractivity contribution in [3.05, 3.63) is 40.9 Å². The summed E-state index contributed by atoms with van der Waals surface area (Å²) in [7, 11) is 0. The van der Waals surface area contributed by atoms with Gasteiger partial charge in [-0.3, -0.25) is 0 Å². The van der Waals surface area contributed by atoms with Crippen LogP contribution < -0.4 is 16.0 Å². The van der Waals surface area contributed by atoms with Gasteiger partial charge >= 0.3 is 0 Å². The third kappa shape index (κ3) is 4.25.